The van der Waals surface area contributed by atoms with E-state index < -0.39 is 130 Å². The van der Waals surface area contributed by atoms with Gasteiger partial charge in [0.2, 0.25) is 17.7 Å². The Hall–Kier alpha value is -4.71. The molecule has 0 aromatic heterocycles. The van der Waals surface area contributed by atoms with E-state index in [0.29, 0.717) is 5.56 Å². The highest BCUT2D eigenvalue weighted by Crippen LogP contribution is 2.64. The SMILES string of the molecule is CC(=O)O[C@@]12CO[C@@H]1C[C@H](O)[C@@]1(C)C(=O)C(=O)C3C(C)C(OC(=O)C(OC(=O)CBr)C(NC(=O)OC(C)(C)C)c4ccccc4)C[C@@](O)(C(OC(=O)c4ccccc4)C12)C3(C)C. The number of aliphatic hydroxyl groups is 2. The highest BCUT2D eigenvalue weighted by molar-refractivity contribution is 9.09. The standard InChI is InChI=1S/C45H54BrNO15/c1-23-27(58-39(54)34(59-30(50)21-46)32(25-15-11-9-12-16-25)47-40(55)62-41(3,4)5)20-45(56)37(60-38(53)26-17-13-10-14-18-26)35-43(8,36(52)33(51)31(23)42(45,6)7)28(49)19-29-44(35,22-57-29)61-24(2)48/h9-18,23,27-29,31-32,34-35,37,49,56H,19-22H2,1-8H3,(H,47,55)/t23?,27?,28-,29+,31?,32?,34?,35?,37?,43+,44-,45+/m0/s1. The fraction of sp³-hybridized carbons (Fsp3) is 0.578. The molecule has 1 amide bonds. The van der Waals surface area contributed by atoms with Gasteiger partial charge in [-0.2, -0.15) is 0 Å². The van der Waals surface area contributed by atoms with Crippen LogP contribution >= 0.6 is 15.9 Å². The van der Waals surface area contributed by atoms with E-state index in [2.05, 4.69) is 21.2 Å². The molecule has 0 radical (unpaired) electrons. The van der Waals surface area contributed by atoms with E-state index in [0.717, 1.165) is 6.92 Å². The van der Waals surface area contributed by atoms with Crippen molar-refractivity contribution in [2.45, 2.75) is 122 Å². The van der Waals surface area contributed by atoms with E-state index in [4.69, 9.17) is 28.4 Å². The summed E-state index contributed by atoms with van der Waals surface area (Å²) in [5, 5.41) is 27.7. The molecule has 3 N–H and O–H groups in total. The van der Waals surface area contributed by atoms with Crippen LogP contribution in [0.1, 0.15) is 90.2 Å². The maximum absolute atomic E-state index is 15.0. The number of hydrogen-bond donors (Lipinski definition) is 3. The summed E-state index contributed by atoms with van der Waals surface area (Å²) in [6.07, 6.45) is -9.52. The third kappa shape index (κ3) is 8.16. The lowest BCUT2D eigenvalue weighted by Gasteiger charge is -2.67. The lowest BCUT2D eigenvalue weighted by molar-refractivity contribution is -0.350. The van der Waals surface area contributed by atoms with Crippen molar-refractivity contribution in [1.29, 1.82) is 0 Å². The molecule has 3 saturated carbocycles. The zero-order chi connectivity index (χ0) is 45.7. The van der Waals surface area contributed by atoms with Crippen LogP contribution < -0.4 is 5.32 Å². The molecule has 1 saturated heterocycles. The van der Waals surface area contributed by atoms with Crippen molar-refractivity contribution in [2.24, 2.45) is 28.6 Å². The van der Waals surface area contributed by atoms with Gasteiger partial charge in [-0.1, -0.05) is 85.2 Å². The quantitative estimate of drug-likeness (QED) is 0.130. The van der Waals surface area contributed by atoms with Crippen LogP contribution in [0.15, 0.2) is 60.7 Å². The van der Waals surface area contributed by atoms with E-state index in [1.165, 1.54) is 32.9 Å². The molecule has 17 heteroatoms. The number of aliphatic hydroxyl groups excluding tert-OH is 1. The Morgan fingerprint density at radius 1 is 0.968 bits per heavy atom. The molecule has 2 aromatic carbocycles. The Morgan fingerprint density at radius 2 is 1.58 bits per heavy atom. The molecule has 7 unspecified atom stereocenters. The first kappa shape index (κ1) is 46.8. The van der Waals surface area contributed by atoms with Crippen molar-refractivity contribution in [3.63, 3.8) is 0 Å². The summed E-state index contributed by atoms with van der Waals surface area (Å²) in [5.41, 5.74) is -8.52. The van der Waals surface area contributed by atoms with Gasteiger partial charge in [-0.05, 0) is 45.4 Å². The molecule has 2 aromatic rings. The van der Waals surface area contributed by atoms with Crippen LogP contribution in [0.25, 0.3) is 0 Å². The van der Waals surface area contributed by atoms with Crippen LogP contribution in [0.4, 0.5) is 4.79 Å². The molecule has 16 nitrogen and oxygen atoms in total. The van der Waals surface area contributed by atoms with Crippen molar-refractivity contribution in [3.8, 4) is 0 Å². The van der Waals surface area contributed by atoms with Crippen LogP contribution in [-0.4, -0.2) is 111 Å². The van der Waals surface area contributed by atoms with Gasteiger partial charge in [-0.15, -0.1) is 0 Å². The molecule has 3 aliphatic carbocycles. The van der Waals surface area contributed by atoms with Crippen molar-refractivity contribution < 1.29 is 72.2 Å². The molecule has 62 heavy (non-hydrogen) atoms. The van der Waals surface area contributed by atoms with Gasteiger partial charge in [0.25, 0.3) is 0 Å². The molecule has 12 atom stereocenters. The number of rotatable bonds is 10. The van der Waals surface area contributed by atoms with E-state index in [1.807, 2.05) is 0 Å². The topological polar surface area (TPSA) is 227 Å². The number of alkyl halides is 1. The number of ether oxygens (including phenoxy) is 6. The number of Topliss-reactive ketones (excluding diaryl/α,β-unsaturated/α-hetero) is 2. The lowest BCUT2D eigenvalue weighted by Crippen LogP contribution is -2.82. The molecular weight excluding hydrogens is 874 g/mol. The van der Waals surface area contributed by atoms with Gasteiger partial charge in [-0.3, -0.25) is 19.2 Å². The van der Waals surface area contributed by atoms with Crippen molar-refractivity contribution in [3.05, 3.63) is 71.8 Å². The van der Waals surface area contributed by atoms with Crippen molar-refractivity contribution in [2.75, 3.05) is 11.9 Å². The summed E-state index contributed by atoms with van der Waals surface area (Å²) < 4.78 is 35.5. The Bertz CT molecular complexity index is 2090. The fourth-order valence-electron chi connectivity index (χ4n) is 10.1. The average Bonchev–Trinajstić information content (AvgIpc) is 3.20. The number of esters is 4. The minimum atomic E-state index is -2.40. The number of ketones is 2. The lowest BCUT2D eigenvalue weighted by atomic mass is 9.42. The number of amides is 1. The number of carbonyl (C=O) groups excluding carboxylic acids is 7. The second kappa shape index (κ2) is 17.1. The molecule has 0 spiro atoms. The molecule has 1 aliphatic heterocycles. The first-order chi connectivity index (χ1) is 28.9. The number of benzene rings is 2. The molecule has 4 fully saturated rings. The summed E-state index contributed by atoms with van der Waals surface area (Å²) in [7, 11) is 0. The first-order valence-corrected chi connectivity index (χ1v) is 21.6. The first-order valence-electron chi connectivity index (χ1n) is 20.5. The maximum Gasteiger partial charge on any atom is 0.408 e. The van der Waals surface area contributed by atoms with Crippen molar-refractivity contribution in [1.82, 2.24) is 5.32 Å². The highest BCUT2D eigenvalue weighted by Gasteiger charge is 2.79. The molecule has 336 valence electrons. The number of nitrogens with one attached hydrogen (secondary N) is 1. The average molecular weight is 929 g/mol. The van der Waals surface area contributed by atoms with Crippen molar-refractivity contribution >= 4 is 57.5 Å². The van der Waals surface area contributed by atoms with Crippen LogP contribution in [0.2, 0.25) is 0 Å². The molecule has 1 heterocycles. The molecule has 6 rings (SSSR count). The fourth-order valence-corrected chi connectivity index (χ4v) is 10.3. The Morgan fingerprint density at radius 3 is 2.13 bits per heavy atom. The monoisotopic (exact) mass is 927 g/mol. The van der Waals surface area contributed by atoms with Gasteiger partial charge in [0.1, 0.15) is 40.9 Å². The Kier molecular flexibility index (Phi) is 12.9. The summed E-state index contributed by atoms with van der Waals surface area (Å²) in [5.74, 6) is -9.99. The van der Waals surface area contributed by atoms with Gasteiger partial charge in [0, 0.05) is 37.0 Å². The second-order valence-corrected chi connectivity index (χ2v) is 19.0. The van der Waals surface area contributed by atoms with Crippen LogP contribution in [-0.2, 0) is 52.4 Å². The number of hydrogen-bond acceptors (Lipinski definition) is 15. The van der Waals surface area contributed by atoms with Crippen LogP contribution in [0.3, 0.4) is 0 Å². The number of fused-ring (bicyclic) bond motifs is 5. The highest BCUT2D eigenvalue weighted by atomic mass is 79.9. The second-order valence-electron chi connectivity index (χ2n) is 18.5. The largest absolute Gasteiger partial charge is 0.459 e. The predicted octanol–water partition coefficient (Wildman–Crippen LogP) is 4.35. The zero-order valence-corrected chi connectivity index (χ0v) is 37.5. The van der Waals surface area contributed by atoms with Crippen LogP contribution in [0, 0.1) is 28.6 Å². The van der Waals surface area contributed by atoms with Gasteiger partial charge < -0.3 is 44.0 Å². The summed E-state index contributed by atoms with van der Waals surface area (Å²) >= 11 is 3.05. The molecule has 4 aliphatic rings. The van der Waals surface area contributed by atoms with E-state index in [9.17, 15) is 39.0 Å². The smallest absolute Gasteiger partial charge is 0.408 e. The predicted molar refractivity (Wildman–Crippen MR) is 220 cm³/mol. The van der Waals surface area contributed by atoms with E-state index in [1.54, 1.807) is 76.2 Å². The maximum atomic E-state index is 15.0. The summed E-state index contributed by atoms with van der Waals surface area (Å²) in [6, 6.07) is 14.5. The normalized spacial score (nSPS) is 33.3. The third-order valence-corrected chi connectivity index (χ3v) is 13.7. The van der Waals surface area contributed by atoms with Gasteiger partial charge in [0.05, 0.1) is 29.6 Å². The third-order valence-electron chi connectivity index (χ3n) is 13.2. The minimum Gasteiger partial charge on any atom is -0.459 e. The minimum absolute atomic E-state index is 0.0592. The van der Waals surface area contributed by atoms with E-state index >= 15 is 4.79 Å². The Labute approximate surface area is 367 Å². The van der Waals surface area contributed by atoms with Gasteiger partial charge in [0.15, 0.2) is 5.60 Å². The number of alkyl carbamates (subject to hydrolysis) is 1. The Balaban J connectivity index is 1.50. The number of carbonyl (C=O) groups is 7. The summed E-state index contributed by atoms with van der Waals surface area (Å²) in [6.45, 7) is 11.7. The van der Waals surface area contributed by atoms with E-state index in [-0.39, 0.29) is 23.9 Å². The molecular formula is C45H54BrNO15. The van der Waals surface area contributed by atoms with Gasteiger partial charge >= 0.3 is 30.0 Å². The van der Waals surface area contributed by atoms with Crippen LogP contribution in [0.5, 0.6) is 0 Å². The zero-order valence-electron chi connectivity index (χ0n) is 35.9. The summed E-state index contributed by atoms with van der Waals surface area (Å²) in [4.78, 5) is 98.0. The number of halogens is 1. The molecule has 2 bridgehead atoms. The van der Waals surface area contributed by atoms with Gasteiger partial charge in [-0.25, -0.2) is 14.4 Å².